The maximum Gasteiger partial charge on any atom is 0.346 e. The lowest BCUT2D eigenvalue weighted by molar-refractivity contribution is -0.116. The fraction of sp³-hybridized carbons (Fsp3) is 0.211. The highest BCUT2D eigenvalue weighted by Crippen LogP contribution is 2.38. The van der Waals surface area contributed by atoms with Crippen molar-refractivity contribution in [3.8, 4) is 0 Å². The van der Waals surface area contributed by atoms with Crippen LogP contribution >= 0.6 is 11.3 Å². The highest BCUT2D eigenvalue weighted by atomic mass is 32.1. The molecule has 0 saturated heterocycles. The van der Waals surface area contributed by atoms with Crippen LogP contribution in [0.3, 0.4) is 0 Å². The number of nitrogens with two attached hydrogens (primary N) is 1. The number of amides is 1. The summed E-state index contributed by atoms with van der Waals surface area (Å²) in [6.45, 7) is 0.369. The van der Waals surface area contributed by atoms with Gasteiger partial charge in [-0.3, -0.25) is 14.3 Å². The van der Waals surface area contributed by atoms with E-state index >= 15 is 0 Å². The molecule has 144 valence electrons. The van der Waals surface area contributed by atoms with Gasteiger partial charge in [0.1, 0.15) is 11.3 Å². The Labute approximate surface area is 164 Å². The van der Waals surface area contributed by atoms with E-state index in [1.54, 1.807) is 4.90 Å². The van der Waals surface area contributed by atoms with Gasteiger partial charge >= 0.3 is 5.69 Å². The van der Waals surface area contributed by atoms with E-state index in [4.69, 9.17) is 5.73 Å². The molecule has 0 aliphatic carbocycles. The third-order valence-corrected chi connectivity index (χ3v) is 5.64. The maximum atomic E-state index is 12.7. The van der Waals surface area contributed by atoms with Crippen molar-refractivity contribution >= 4 is 27.9 Å². The minimum atomic E-state index is -0.342. The average molecular weight is 399 g/mol. The normalized spacial score (nSPS) is 14.0. The van der Waals surface area contributed by atoms with Crippen LogP contribution in [0.15, 0.2) is 59.4 Å². The standard InChI is InChI=1S/C19H18FN5O2S/c20-8-13(9-21)10-24-19(27)23(12-22-24)11-15-5-6-18(28-15)25-16-4-2-1-3-14(16)7-17(25)26/h1-6,8,12H,7,9-11,21H2/b13-8+. The summed E-state index contributed by atoms with van der Waals surface area (Å²) in [4.78, 5) is 27.5. The lowest BCUT2D eigenvalue weighted by Crippen LogP contribution is -2.26. The van der Waals surface area contributed by atoms with Crippen molar-refractivity contribution in [3.05, 3.63) is 75.6 Å². The summed E-state index contributed by atoms with van der Waals surface area (Å²) in [6.07, 6.45) is 2.22. The molecule has 0 unspecified atom stereocenters. The summed E-state index contributed by atoms with van der Waals surface area (Å²) in [6, 6.07) is 11.5. The number of carbonyl (C=O) groups is 1. The van der Waals surface area contributed by atoms with Gasteiger partial charge in [-0.05, 0) is 29.3 Å². The molecule has 0 atom stereocenters. The Hall–Kier alpha value is -3.04. The SMILES string of the molecule is NC/C(=C\F)Cn1ncn(Cc2ccc(N3C(=O)Cc4ccccc43)s2)c1=O. The lowest BCUT2D eigenvalue weighted by Gasteiger charge is -2.14. The van der Waals surface area contributed by atoms with Crippen molar-refractivity contribution < 1.29 is 9.18 Å². The molecule has 9 heteroatoms. The number of hydrogen-bond donors (Lipinski definition) is 1. The number of carbonyl (C=O) groups excluding carboxylic acids is 1. The smallest absolute Gasteiger partial charge is 0.327 e. The van der Waals surface area contributed by atoms with Gasteiger partial charge in [-0.1, -0.05) is 18.2 Å². The third-order valence-electron chi connectivity index (χ3n) is 4.58. The molecule has 1 aliphatic rings. The van der Waals surface area contributed by atoms with Gasteiger partial charge in [-0.2, -0.15) is 5.10 Å². The van der Waals surface area contributed by atoms with Gasteiger partial charge in [-0.15, -0.1) is 11.3 Å². The molecule has 7 nitrogen and oxygen atoms in total. The van der Waals surface area contributed by atoms with E-state index in [-0.39, 0.29) is 30.3 Å². The predicted molar refractivity (Wildman–Crippen MR) is 105 cm³/mol. The van der Waals surface area contributed by atoms with Gasteiger partial charge in [0, 0.05) is 11.4 Å². The number of thiophene rings is 1. The molecule has 0 saturated carbocycles. The number of hydrogen-bond acceptors (Lipinski definition) is 5. The molecule has 1 aromatic carbocycles. The number of anilines is 2. The van der Waals surface area contributed by atoms with Crippen LogP contribution in [-0.4, -0.2) is 26.8 Å². The number of benzene rings is 1. The first-order chi connectivity index (χ1) is 13.6. The summed E-state index contributed by atoms with van der Waals surface area (Å²) in [5.41, 5.74) is 7.29. The molecule has 2 aromatic heterocycles. The average Bonchev–Trinajstić information content (AvgIpc) is 3.38. The van der Waals surface area contributed by atoms with Crippen LogP contribution in [0.4, 0.5) is 15.1 Å². The van der Waals surface area contributed by atoms with Crippen LogP contribution in [0, 0.1) is 0 Å². The molecule has 1 amide bonds. The lowest BCUT2D eigenvalue weighted by atomic mass is 10.2. The molecule has 1 aliphatic heterocycles. The second-order valence-electron chi connectivity index (χ2n) is 6.45. The van der Waals surface area contributed by atoms with Crippen LogP contribution < -0.4 is 16.3 Å². The van der Waals surface area contributed by atoms with Crippen molar-refractivity contribution in [1.82, 2.24) is 14.3 Å². The minimum Gasteiger partial charge on any atom is -0.327 e. The van der Waals surface area contributed by atoms with Gasteiger partial charge in [0.25, 0.3) is 0 Å². The minimum absolute atomic E-state index is 0.0214. The zero-order chi connectivity index (χ0) is 19.7. The summed E-state index contributed by atoms with van der Waals surface area (Å²) >= 11 is 1.45. The van der Waals surface area contributed by atoms with Crippen molar-refractivity contribution in [2.45, 2.75) is 19.5 Å². The Kier molecular flexibility index (Phi) is 4.93. The van der Waals surface area contributed by atoms with Gasteiger partial charge in [-0.25, -0.2) is 13.9 Å². The first kappa shape index (κ1) is 18.3. The largest absolute Gasteiger partial charge is 0.346 e. The quantitative estimate of drug-likeness (QED) is 0.688. The molecule has 0 spiro atoms. The molecule has 0 bridgehead atoms. The summed E-state index contributed by atoms with van der Waals surface area (Å²) < 4.78 is 15.3. The van der Waals surface area contributed by atoms with Crippen molar-refractivity contribution in [3.63, 3.8) is 0 Å². The number of nitrogens with zero attached hydrogens (tertiary/aromatic N) is 4. The van der Waals surface area contributed by atoms with E-state index < -0.39 is 0 Å². The monoisotopic (exact) mass is 399 g/mol. The van der Waals surface area contributed by atoms with Gasteiger partial charge in [0.05, 0.1) is 31.5 Å². The summed E-state index contributed by atoms with van der Waals surface area (Å²) in [5, 5.41) is 4.83. The van der Waals surface area contributed by atoms with Crippen LogP contribution in [0.5, 0.6) is 0 Å². The predicted octanol–water partition coefficient (Wildman–Crippen LogP) is 2.19. The summed E-state index contributed by atoms with van der Waals surface area (Å²) in [7, 11) is 0. The Morgan fingerprint density at radius 2 is 2.07 bits per heavy atom. The third kappa shape index (κ3) is 3.30. The molecule has 0 fully saturated rings. The molecule has 28 heavy (non-hydrogen) atoms. The Bertz CT molecular complexity index is 1110. The second-order valence-corrected chi connectivity index (χ2v) is 7.59. The van der Waals surface area contributed by atoms with Crippen molar-refractivity contribution in [2.75, 3.05) is 11.4 Å². The zero-order valence-corrected chi connectivity index (χ0v) is 15.7. The molecular weight excluding hydrogens is 381 g/mol. The van der Waals surface area contributed by atoms with E-state index in [2.05, 4.69) is 5.10 Å². The number of rotatable bonds is 6. The molecule has 4 rings (SSSR count). The first-order valence-electron chi connectivity index (χ1n) is 8.70. The number of para-hydroxylation sites is 1. The topological polar surface area (TPSA) is 86.2 Å². The first-order valence-corrected chi connectivity index (χ1v) is 9.52. The molecule has 0 radical (unpaired) electrons. The van der Waals surface area contributed by atoms with Crippen LogP contribution in [0.1, 0.15) is 10.4 Å². The number of fused-ring (bicyclic) bond motifs is 1. The second kappa shape index (κ2) is 7.53. The molecule has 2 N–H and O–H groups in total. The van der Waals surface area contributed by atoms with Crippen molar-refractivity contribution in [2.24, 2.45) is 5.73 Å². The zero-order valence-electron chi connectivity index (χ0n) is 14.9. The fourth-order valence-corrected chi connectivity index (χ4v) is 4.20. The molecular formula is C19H18FN5O2S. The van der Waals surface area contributed by atoms with E-state index in [9.17, 15) is 14.0 Å². The van der Waals surface area contributed by atoms with E-state index in [0.717, 1.165) is 21.1 Å². The molecule has 3 heterocycles. The van der Waals surface area contributed by atoms with Gasteiger partial charge in [0.15, 0.2) is 0 Å². The Balaban J connectivity index is 1.55. The Morgan fingerprint density at radius 1 is 1.25 bits per heavy atom. The van der Waals surface area contributed by atoms with E-state index in [0.29, 0.717) is 19.3 Å². The maximum absolute atomic E-state index is 12.7. The fourth-order valence-electron chi connectivity index (χ4n) is 3.16. The van der Waals surface area contributed by atoms with Crippen LogP contribution in [0.25, 0.3) is 0 Å². The van der Waals surface area contributed by atoms with Gasteiger partial charge < -0.3 is 5.73 Å². The molecule has 3 aromatic rings. The van der Waals surface area contributed by atoms with E-state index in [1.165, 1.54) is 26.9 Å². The van der Waals surface area contributed by atoms with Crippen LogP contribution in [0.2, 0.25) is 0 Å². The van der Waals surface area contributed by atoms with Crippen LogP contribution in [-0.2, 0) is 24.3 Å². The highest BCUT2D eigenvalue weighted by Gasteiger charge is 2.29. The number of aromatic nitrogens is 3. The van der Waals surface area contributed by atoms with Gasteiger partial charge in [0.2, 0.25) is 5.91 Å². The van der Waals surface area contributed by atoms with Crippen molar-refractivity contribution in [1.29, 1.82) is 0 Å². The number of halogens is 1. The summed E-state index contributed by atoms with van der Waals surface area (Å²) in [5.74, 6) is 0.0342. The highest BCUT2D eigenvalue weighted by molar-refractivity contribution is 7.16. The van der Waals surface area contributed by atoms with E-state index in [1.807, 2.05) is 36.4 Å². The Morgan fingerprint density at radius 3 is 2.86 bits per heavy atom.